The predicted molar refractivity (Wildman–Crippen MR) is 139 cm³/mol. The van der Waals surface area contributed by atoms with Gasteiger partial charge in [0.05, 0.1) is 0 Å². The second-order valence-electron chi connectivity index (χ2n) is 7.85. The van der Waals surface area contributed by atoms with Crippen LogP contribution < -0.4 is 10.1 Å². The minimum Gasteiger partial charge on any atom is -0.484 e. The van der Waals surface area contributed by atoms with Gasteiger partial charge >= 0.3 is 0 Å². The van der Waals surface area contributed by atoms with E-state index in [4.69, 9.17) is 4.74 Å². The first kappa shape index (κ1) is 25.7. The van der Waals surface area contributed by atoms with Gasteiger partial charge in [-0.2, -0.15) is 0 Å². The van der Waals surface area contributed by atoms with E-state index in [1.54, 1.807) is 30.3 Å². The number of carbonyl (C=O) groups is 2. The van der Waals surface area contributed by atoms with E-state index in [1.807, 2.05) is 49.4 Å². The van der Waals surface area contributed by atoms with E-state index in [0.29, 0.717) is 24.3 Å². The highest BCUT2D eigenvalue weighted by Gasteiger charge is 2.31. The second kappa shape index (κ2) is 13.1. The summed E-state index contributed by atoms with van der Waals surface area (Å²) in [7, 11) is 0. The molecule has 0 spiro atoms. The van der Waals surface area contributed by atoms with Crippen molar-refractivity contribution in [3.8, 4) is 5.75 Å². The summed E-state index contributed by atoms with van der Waals surface area (Å²) in [6.45, 7) is 2.15. The van der Waals surface area contributed by atoms with Crippen LogP contribution in [0.5, 0.6) is 5.75 Å². The molecular weight excluding hydrogens is 546 g/mol. The number of benzene rings is 3. The van der Waals surface area contributed by atoms with Gasteiger partial charge in [-0.1, -0.05) is 55.5 Å². The van der Waals surface area contributed by atoms with Gasteiger partial charge in [0.25, 0.3) is 5.91 Å². The summed E-state index contributed by atoms with van der Waals surface area (Å²) in [5, 5.41) is 2.90. The molecule has 0 heterocycles. The summed E-state index contributed by atoms with van der Waals surface area (Å²) in [6.07, 6.45) is 1.07. The third kappa shape index (κ3) is 7.55. The lowest BCUT2D eigenvalue weighted by atomic mass is 10.0. The quantitative estimate of drug-likeness (QED) is 0.329. The third-order valence-corrected chi connectivity index (χ3v) is 6.01. The number of carbonyl (C=O) groups excluding carboxylic acids is 2. The van der Waals surface area contributed by atoms with E-state index in [1.165, 1.54) is 11.0 Å². The molecule has 0 radical (unpaired) electrons. The smallest absolute Gasteiger partial charge is 0.261 e. The molecule has 0 aromatic heterocycles. The average Bonchev–Trinajstić information content (AvgIpc) is 2.85. The number of hydrogen-bond acceptors (Lipinski definition) is 3. The zero-order valence-corrected chi connectivity index (χ0v) is 21.2. The molecule has 3 aromatic rings. The minimum atomic E-state index is -0.818. The molecule has 0 bridgehead atoms. The fourth-order valence-electron chi connectivity index (χ4n) is 3.49. The predicted octanol–water partition coefficient (Wildman–Crippen LogP) is 4.98. The van der Waals surface area contributed by atoms with E-state index in [2.05, 4.69) is 27.9 Å². The van der Waals surface area contributed by atoms with E-state index >= 15 is 0 Å². The molecule has 0 saturated heterocycles. The van der Waals surface area contributed by atoms with Crippen molar-refractivity contribution in [2.75, 3.05) is 13.2 Å². The van der Waals surface area contributed by atoms with Crippen LogP contribution in [0.25, 0.3) is 0 Å². The van der Waals surface area contributed by atoms with Gasteiger partial charge in [0.2, 0.25) is 5.91 Å². The Morgan fingerprint density at radius 2 is 1.68 bits per heavy atom. The molecule has 0 aliphatic rings. The molecule has 1 atom stereocenters. The first-order valence-corrected chi connectivity index (χ1v) is 12.3. The van der Waals surface area contributed by atoms with Gasteiger partial charge in [-0.25, -0.2) is 4.39 Å². The molecule has 178 valence electrons. The van der Waals surface area contributed by atoms with Gasteiger partial charge in [-0.3, -0.25) is 9.59 Å². The maximum atomic E-state index is 14.5. The Bertz CT molecular complexity index is 1080. The summed E-state index contributed by atoms with van der Waals surface area (Å²) in [4.78, 5) is 28.0. The molecule has 3 aromatic carbocycles. The van der Waals surface area contributed by atoms with Gasteiger partial charge in [0.1, 0.15) is 17.6 Å². The van der Waals surface area contributed by atoms with Crippen molar-refractivity contribution >= 4 is 34.4 Å². The first-order valence-electron chi connectivity index (χ1n) is 11.2. The normalized spacial score (nSPS) is 11.5. The lowest BCUT2D eigenvalue weighted by Crippen LogP contribution is -2.51. The van der Waals surface area contributed by atoms with Crippen LogP contribution in [0.15, 0.2) is 78.9 Å². The van der Waals surface area contributed by atoms with E-state index in [0.717, 1.165) is 15.6 Å². The van der Waals surface area contributed by atoms with Crippen molar-refractivity contribution in [1.82, 2.24) is 10.2 Å². The Hall–Kier alpha value is -2.94. The van der Waals surface area contributed by atoms with Crippen LogP contribution in [0, 0.1) is 9.39 Å². The molecule has 1 N–H and O–H groups in total. The Labute approximate surface area is 213 Å². The Morgan fingerprint density at radius 3 is 2.35 bits per heavy atom. The Kier molecular flexibility index (Phi) is 9.88. The highest BCUT2D eigenvalue weighted by atomic mass is 127. The molecule has 7 heteroatoms. The topological polar surface area (TPSA) is 58.6 Å². The maximum absolute atomic E-state index is 14.5. The van der Waals surface area contributed by atoms with E-state index in [-0.39, 0.29) is 19.1 Å². The summed E-state index contributed by atoms with van der Waals surface area (Å²) in [5.41, 5.74) is 1.25. The van der Waals surface area contributed by atoms with Crippen LogP contribution in [0.2, 0.25) is 0 Å². The average molecular weight is 574 g/mol. The summed E-state index contributed by atoms with van der Waals surface area (Å²) < 4.78 is 21.3. The van der Waals surface area contributed by atoms with Gasteiger partial charge in [0.15, 0.2) is 6.61 Å². The van der Waals surface area contributed by atoms with Gasteiger partial charge in [-0.15, -0.1) is 0 Å². The van der Waals surface area contributed by atoms with Crippen LogP contribution in [-0.2, 0) is 22.6 Å². The monoisotopic (exact) mass is 574 g/mol. The molecule has 5 nitrogen and oxygen atoms in total. The molecule has 0 aliphatic heterocycles. The van der Waals surface area contributed by atoms with Crippen molar-refractivity contribution in [1.29, 1.82) is 0 Å². The summed E-state index contributed by atoms with van der Waals surface area (Å²) in [6, 6.07) is 22.3. The van der Waals surface area contributed by atoms with Crippen molar-refractivity contribution in [3.63, 3.8) is 0 Å². The van der Waals surface area contributed by atoms with Crippen LogP contribution in [0.3, 0.4) is 0 Å². The fourth-order valence-corrected chi connectivity index (χ4v) is 3.85. The summed E-state index contributed by atoms with van der Waals surface area (Å²) >= 11 is 2.19. The van der Waals surface area contributed by atoms with Crippen molar-refractivity contribution < 1.29 is 18.7 Å². The highest BCUT2D eigenvalue weighted by Crippen LogP contribution is 2.18. The highest BCUT2D eigenvalue weighted by molar-refractivity contribution is 14.1. The van der Waals surface area contributed by atoms with Crippen molar-refractivity contribution in [2.45, 2.75) is 32.4 Å². The first-order chi connectivity index (χ1) is 16.5. The SMILES string of the molecule is CCCNC(=O)[C@@H](Cc1ccccc1)N(Cc1ccccc1F)C(=O)COc1ccc(I)cc1. The maximum Gasteiger partial charge on any atom is 0.261 e. The largest absolute Gasteiger partial charge is 0.484 e. The molecule has 34 heavy (non-hydrogen) atoms. The van der Waals surface area contributed by atoms with Crippen LogP contribution in [0.4, 0.5) is 4.39 Å². The van der Waals surface area contributed by atoms with Crippen molar-refractivity contribution in [2.24, 2.45) is 0 Å². The number of nitrogens with zero attached hydrogens (tertiary/aromatic N) is 1. The standard InChI is InChI=1S/C27H28FIN2O3/c1-2-16-30-27(33)25(17-20-8-4-3-5-9-20)31(18-21-10-6-7-11-24(21)28)26(32)19-34-23-14-12-22(29)13-15-23/h3-15,25H,2,16-19H2,1H3,(H,30,33)/t25-/m1/s1. The number of hydrogen-bond donors (Lipinski definition) is 1. The van der Waals surface area contributed by atoms with Gasteiger partial charge in [-0.05, 0) is 64.9 Å². The zero-order chi connectivity index (χ0) is 24.3. The molecule has 0 fully saturated rings. The lowest BCUT2D eigenvalue weighted by molar-refractivity contribution is -0.142. The third-order valence-electron chi connectivity index (χ3n) is 5.29. The van der Waals surface area contributed by atoms with Gasteiger partial charge < -0.3 is 15.0 Å². The molecule has 2 amide bonds. The Morgan fingerprint density at radius 1 is 1.00 bits per heavy atom. The minimum absolute atomic E-state index is 0.0431. The fraction of sp³-hybridized carbons (Fsp3) is 0.259. The van der Waals surface area contributed by atoms with Crippen molar-refractivity contribution in [3.05, 3.63) is 99.4 Å². The number of ether oxygens (including phenoxy) is 1. The lowest BCUT2D eigenvalue weighted by Gasteiger charge is -2.31. The molecule has 0 unspecified atom stereocenters. The van der Waals surface area contributed by atoms with Gasteiger partial charge in [0, 0.05) is 28.6 Å². The van der Waals surface area contributed by atoms with Crippen LogP contribution in [0.1, 0.15) is 24.5 Å². The number of rotatable bonds is 11. The second-order valence-corrected chi connectivity index (χ2v) is 9.10. The van der Waals surface area contributed by atoms with Crippen LogP contribution >= 0.6 is 22.6 Å². The molecular formula is C27H28FIN2O3. The number of nitrogens with one attached hydrogen (secondary N) is 1. The Balaban J connectivity index is 1.89. The molecule has 3 rings (SSSR count). The zero-order valence-electron chi connectivity index (χ0n) is 19.0. The summed E-state index contributed by atoms with van der Waals surface area (Å²) in [5.74, 6) is -0.542. The van der Waals surface area contributed by atoms with E-state index < -0.39 is 17.8 Å². The number of halogens is 2. The van der Waals surface area contributed by atoms with Crippen LogP contribution in [-0.4, -0.2) is 35.9 Å². The van der Waals surface area contributed by atoms with E-state index in [9.17, 15) is 14.0 Å². The number of amides is 2. The molecule has 0 saturated carbocycles. The molecule has 0 aliphatic carbocycles.